The number of amides is 1. The number of hydrogen-bond donors (Lipinski definition) is 0. The van der Waals surface area contributed by atoms with E-state index in [2.05, 4.69) is 28.6 Å². The Balaban J connectivity index is 1.61. The van der Waals surface area contributed by atoms with Crippen LogP contribution in [-0.2, 0) is 4.74 Å². The number of anilines is 2. The van der Waals surface area contributed by atoms with Crippen molar-refractivity contribution < 1.29 is 9.53 Å². The molecule has 0 aromatic carbocycles. The Bertz CT molecular complexity index is 629. The zero-order valence-electron chi connectivity index (χ0n) is 13.8. The zero-order chi connectivity index (χ0) is 16.0. The summed E-state index contributed by atoms with van der Waals surface area (Å²) in [6, 6.07) is 0.140. The molecule has 124 valence electrons. The normalized spacial score (nSPS) is 24.2. The molecule has 1 unspecified atom stereocenters. The van der Waals surface area contributed by atoms with Gasteiger partial charge in [-0.1, -0.05) is 0 Å². The van der Waals surface area contributed by atoms with E-state index in [9.17, 15) is 4.79 Å². The number of nitrogens with zero attached hydrogens (tertiary/aromatic N) is 5. The van der Waals surface area contributed by atoms with Gasteiger partial charge < -0.3 is 14.5 Å². The molecule has 0 aliphatic carbocycles. The molecule has 0 bridgehead atoms. The number of ether oxygens (including phenoxy) is 1. The standard InChI is InChI=1S/C16H23N5O2/c1-11-12(2)17-15(19-5-3-4-6-19)18-14(11)20-7-8-21-13(9-20)10-23-16(21)22/h13H,3-10H2,1-2H3. The van der Waals surface area contributed by atoms with Gasteiger partial charge in [-0.15, -0.1) is 0 Å². The van der Waals surface area contributed by atoms with Crippen molar-refractivity contribution in [2.75, 3.05) is 49.1 Å². The lowest BCUT2D eigenvalue weighted by Gasteiger charge is -2.37. The molecule has 0 N–H and O–H groups in total. The molecule has 1 atom stereocenters. The summed E-state index contributed by atoms with van der Waals surface area (Å²) in [6.45, 7) is 8.98. The van der Waals surface area contributed by atoms with E-state index in [4.69, 9.17) is 9.72 Å². The number of carbonyl (C=O) groups is 1. The first-order valence-corrected chi connectivity index (χ1v) is 8.42. The lowest BCUT2D eigenvalue weighted by Crippen LogP contribution is -2.52. The third kappa shape index (κ3) is 2.48. The van der Waals surface area contributed by atoms with E-state index < -0.39 is 0 Å². The Labute approximate surface area is 136 Å². The van der Waals surface area contributed by atoms with Crippen molar-refractivity contribution in [2.45, 2.75) is 32.7 Å². The summed E-state index contributed by atoms with van der Waals surface area (Å²) in [7, 11) is 0. The molecule has 4 heterocycles. The van der Waals surface area contributed by atoms with Crippen molar-refractivity contribution in [1.29, 1.82) is 0 Å². The molecular formula is C16H23N5O2. The molecule has 0 spiro atoms. The molecule has 3 saturated heterocycles. The highest BCUT2D eigenvalue weighted by Gasteiger charge is 2.38. The second-order valence-electron chi connectivity index (χ2n) is 6.62. The number of aryl methyl sites for hydroxylation is 1. The maximum atomic E-state index is 11.7. The van der Waals surface area contributed by atoms with Crippen molar-refractivity contribution in [3.05, 3.63) is 11.3 Å². The summed E-state index contributed by atoms with van der Waals surface area (Å²) in [5, 5.41) is 0. The Kier molecular flexibility index (Phi) is 3.50. The molecule has 1 amide bonds. The summed E-state index contributed by atoms with van der Waals surface area (Å²) >= 11 is 0. The molecule has 4 rings (SSSR count). The van der Waals surface area contributed by atoms with Crippen LogP contribution in [0.25, 0.3) is 0 Å². The van der Waals surface area contributed by atoms with Gasteiger partial charge in [0.25, 0.3) is 0 Å². The highest BCUT2D eigenvalue weighted by atomic mass is 16.6. The van der Waals surface area contributed by atoms with Gasteiger partial charge >= 0.3 is 6.09 Å². The molecular weight excluding hydrogens is 294 g/mol. The third-order valence-corrected chi connectivity index (χ3v) is 5.16. The fourth-order valence-corrected chi connectivity index (χ4v) is 3.65. The van der Waals surface area contributed by atoms with Crippen molar-refractivity contribution in [2.24, 2.45) is 0 Å². The maximum Gasteiger partial charge on any atom is 0.410 e. The smallest absolute Gasteiger partial charge is 0.410 e. The molecule has 0 saturated carbocycles. The number of carbonyl (C=O) groups excluding carboxylic acids is 1. The van der Waals surface area contributed by atoms with E-state index in [-0.39, 0.29) is 12.1 Å². The first kappa shape index (κ1) is 14.5. The fraction of sp³-hybridized carbons (Fsp3) is 0.688. The van der Waals surface area contributed by atoms with Gasteiger partial charge in [0.1, 0.15) is 12.4 Å². The van der Waals surface area contributed by atoms with Gasteiger partial charge in [-0.25, -0.2) is 9.78 Å². The van der Waals surface area contributed by atoms with Gasteiger partial charge in [-0.05, 0) is 26.7 Å². The van der Waals surface area contributed by atoms with Gasteiger partial charge in [0, 0.05) is 44.0 Å². The fourth-order valence-electron chi connectivity index (χ4n) is 3.65. The lowest BCUT2D eigenvalue weighted by molar-refractivity contribution is 0.157. The lowest BCUT2D eigenvalue weighted by atomic mass is 10.1. The third-order valence-electron chi connectivity index (χ3n) is 5.16. The number of hydrogen-bond acceptors (Lipinski definition) is 6. The van der Waals surface area contributed by atoms with Crippen LogP contribution in [0.1, 0.15) is 24.1 Å². The van der Waals surface area contributed by atoms with E-state index >= 15 is 0 Å². The SMILES string of the molecule is Cc1nc(N2CCCC2)nc(N2CCN3C(=O)OCC3C2)c1C. The van der Waals surface area contributed by atoms with Crippen LogP contribution in [-0.4, -0.2) is 66.3 Å². The number of fused-ring (bicyclic) bond motifs is 1. The Morgan fingerprint density at radius 1 is 1.04 bits per heavy atom. The molecule has 1 aromatic rings. The van der Waals surface area contributed by atoms with Crippen LogP contribution in [0.5, 0.6) is 0 Å². The number of rotatable bonds is 2. The predicted molar refractivity (Wildman–Crippen MR) is 87.0 cm³/mol. The van der Waals surface area contributed by atoms with Crippen LogP contribution < -0.4 is 9.80 Å². The minimum absolute atomic E-state index is 0.140. The van der Waals surface area contributed by atoms with Crippen LogP contribution >= 0.6 is 0 Å². The minimum Gasteiger partial charge on any atom is -0.447 e. The van der Waals surface area contributed by atoms with Crippen molar-refractivity contribution in [3.8, 4) is 0 Å². The van der Waals surface area contributed by atoms with Crippen molar-refractivity contribution in [3.63, 3.8) is 0 Å². The van der Waals surface area contributed by atoms with Gasteiger partial charge in [-0.2, -0.15) is 4.98 Å². The molecule has 3 aliphatic rings. The topological polar surface area (TPSA) is 61.8 Å². The van der Waals surface area contributed by atoms with Crippen molar-refractivity contribution in [1.82, 2.24) is 14.9 Å². The summed E-state index contributed by atoms with van der Waals surface area (Å²) in [5.74, 6) is 1.86. The number of piperazine rings is 1. The van der Waals surface area contributed by atoms with Crippen LogP contribution in [0, 0.1) is 13.8 Å². The summed E-state index contributed by atoms with van der Waals surface area (Å²) in [5.41, 5.74) is 2.17. The van der Waals surface area contributed by atoms with Gasteiger partial charge in [0.05, 0.1) is 6.04 Å². The largest absolute Gasteiger partial charge is 0.447 e. The molecule has 3 fully saturated rings. The summed E-state index contributed by atoms with van der Waals surface area (Å²) in [4.78, 5) is 27.6. The summed E-state index contributed by atoms with van der Waals surface area (Å²) < 4.78 is 5.16. The first-order chi connectivity index (χ1) is 11.1. The molecule has 23 heavy (non-hydrogen) atoms. The number of aromatic nitrogens is 2. The van der Waals surface area contributed by atoms with E-state index in [1.165, 1.54) is 12.8 Å². The molecule has 7 nitrogen and oxygen atoms in total. The predicted octanol–water partition coefficient (Wildman–Crippen LogP) is 1.33. The van der Waals surface area contributed by atoms with E-state index in [0.717, 1.165) is 49.2 Å². The van der Waals surface area contributed by atoms with Crippen LogP contribution in [0.2, 0.25) is 0 Å². The van der Waals surface area contributed by atoms with Crippen LogP contribution in [0.3, 0.4) is 0 Å². The zero-order valence-corrected chi connectivity index (χ0v) is 13.8. The monoisotopic (exact) mass is 317 g/mol. The second kappa shape index (κ2) is 5.54. The average Bonchev–Trinajstić information content (AvgIpc) is 3.20. The second-order valence-corrected chi connectivity index (χ2v) is 6.62. The van der Waals surface area contributed by atoms with Gasteiger partial charge in [-0.3, -0.25) is 4.90 Å². The number of cyclic esters (lactones) is 1. The van der Waals surface area contributed by atoms with E-state index in [1.807, 2.05) is 4.90 Å². The van der Waals surface area contributed by atoms with E-state index in [1.54, 1.807) is 0 Å². The average molecular weight is 317 g/mol. The molecule has 7 heteroatoms. The Hall–Kier alpha value is -2.05. The summed E-state index contributed by atoms with van der Waals surface area (Å²) in [6.07, 6.45) is 2.25. The Morgan fingerprint density at radius 2 is 1.83 bits per heavy atom. The highest BCUT2D eigenvalue weighted by Crippen LogP contribution is 2.28. The maximum absolute atomic E-state index is 11.7. The van der Waals surface area contributed by atoms with Crippen LogP contribution in [0.15, 0.2) is 0 Å². The highest BCUT2D eigenvalue weighted by molar-refractivity contribution is 5.71. The Morgan fingerprint density at radius 3 is 2.61 bits per heavy atom. The van der Waals surface area contributed by atoms with Crippen LogP contribution in [0.4, 0.5) is 16.6 Å². The molecule has 3 aliphatic heterocycles. The minimum atomic E-state index is -0.178. The van der Waals surface area contributed by atoms with Gasteiger partial charge in [0.2, 0.25) is 5.95 Å². The first-order valence-electron chi connectivity index (χ1n) is 8.42. The van der Waals surface area contributed by atoms with Gasteiger partial charge in [0.15, 0.2) is 0 Å². The van der Waals surface area contributed by atoms with E-state index in [0.29, 0.717) is 13.2 Å². The molecule has 1 aromatic heterocycles. The molecule has 0 radical (unpaired) electrons. The van der Waals surface area contributed by atoms with Crippen molar-refractivity contribution >= 4 is 17.9 Å². The quantitative estimate of drug-likeness (QED) is 0.820.